The molecule has 0 aromatic rings. The summed E-state index contributed by atoms with van der Waals surface area (Å²) in [6, 6.07) is -1.28. The molecule has 0 bridgehead atoms. The van der Waals surface area contributed by atoms with Gasteiger partial charge in [0, 0.05) is 0 Å². The van der Waals surface area contributed by atoms with Gasteiger partial charge in [0.25, 0.3) is 0 Å². The summed E-state index contributed by atoms with van der Waals surface area (Å²) in [7, 11) is -3.51. The van der Waals surface area contributed by atoms with E-state index in [1.54, 1.807) is 13.0 Å². The lowest BCUT2D eigenvalue weighted by Crippen LogP contribution is -2.16. The molecular weight excluding hydrogens is 155 g/mol. The van der Waals surface area contributed by atoms with E-state index in [0.717, 1.165) is 0 Å². The standard InChI is InChI=1S/C6H11FO2S/c1-3-4-6(2)10(8,9)5-7/h3-4,6H,5H2,1-2H3. The molecule has 0 aliphatic rings. The number of rotatable bonds is 3. The Bertz CT molecular complexity index is 206. The highest BCUT2D eigenvalue weighted by molar-refractivity contribution is 7.91. The third-order valence-corrected chi connectivity index (χ3v) is 2.78. The molecule has 0 N–H and O–H groups in total. The van der Waals surface area contributed by atoms with Crippen molar-refractivity contribution in [1.82, 2.24) is 0 Å². The van der Waals surface area contributed by atoms with Crippen LogP contribution in [0.3, 0.4) is 0 Å². The van der Waals surface area contributed by atoms with Gasteiger partial charge in [-0.05, 0) is 13.8 Å². The number of allylic oxidation sites excluding steroid dienone is 1. The van der Waals surface area contributed by atoms with E-state index < -0.39 is 21.1 Å². The van der Waals surface area contributed by atoms with Crippen molar-refractivity contribution in [2.75, 3.05) is 6.01 Å². The van der Waals surface area contributed by atoms with Crippen molar-refractivity contribution in [3.63, 3.8) is 0 Å². The summed E-state index contributed by atoms with van der Waals surface area (Å²) in [5, 5.41) is -0.706. The normalized spacial score (nSPS) is 15.9. The van der Waals surface area contributed by atoms with Crippen molar-refractivity contribution >= 4 is 9.84 Å². The molecule has 0 radical (unpaired) electrons. The van der Waals surface area contributed by atoms with Gasteiger partial charge in [-0.25, -0.2) is 12.8 Å². The zero-order valence-corrected chi connectivity index (χ0v) is 6.86. The molecule has 0 aromatic carbocycles. The van der Waals surface area contributed by atoms with Crippen molar-refractivity contribution in [3.05, 3.63) is 12.2 Å². The Morgan fingerprint density at radius 1 is 1.60 bits per heavy atom. The van der Waals surface area contributed by atoms with Gasteiger partial charge in [0.05, 0.1) is 5.25 Å². The van der Waals surface area contributed by atoms with Gasteiger partial charge >= 0.3 is 0 Å². The molecular formula is C6H11FO2S. The number of alkyl halides is 1. The Morgan fingerprint density at radius 2 is 2.10 bits per heavy atom. The topological polar surface area (TPSA) is 34.1 Å². The molecule has 0 amide bonds. The number of hydrogen-bond donors (Lipinski definition) is 0. The largest absolute Gasteiger partial charge is 0.234 e. The Morgan fingerprint density at radius 3 is 2.40 bits per heavy atom. The summed E-state index contributed by atoms with van der Waals surface area (Å²) in [5.41, 5.74) is 0. The molecule has 0 saturated carbocycles. The van der Waals surface area contributed by atoms with E-state index in [0.29, 0.717) is 0 Å². The third-order valence-electron chi connectivity index (χ3n) is 1.18. The molecule has 0 aromatic heterocycles. The fourth-order valence-electron chi connectivity index (χ4n) is 0.490. The van der Waals surface area contributed by atoms with E-state index in [2.05, 4.69) is 0 Å². The summed E-state index contributed by atoms with van der Waals surface area (Å²) >= 11 is 0. The average molecular weight is 166 g/mol. The number of halogens is 1. The van der Waals surface area contributed by atoms with Gasteiger partial charge in [0.15, 0.2) is 15.8 Å². The highest BCUT2D eigenvalue weighted by Gasteiger charge is 2.16. The number of hydrogen-bond acceptors (Lipinski definition) is 2. The summed E-state index contributed by atoms with van der Waals surface area (Å²) in [5.74, 6) is 0. The van der Waals surface area contributed by atoms with E-state index in [4.69, 9.17) is 0 Å². The predicted molar refractivity (Wildman–Crippen MR) is 39.2 cm³/mol. The first-order chi connectivity index (χ1) is 4.54. The molecule has 0 spiro atoms. The first-order valence-electron chi connectivity index (χ1n) is 2.95. The molecule has 1 unspecified atom stereocenters. The molecule has 60 valence electrons. The molecule has 0 saturated heterocycles. The van der Waals surface area contributed by atoms with Crippen LogP contribution in [-0.2, 0) is 9.84 Å². The Kier molecular flexibility index (Phi) is 3.57. The molecule has 0 aliphatic heterocycles. The molecule has 10 heavy (non-hydrogen) atoms. The Balaban J connectivity index is 4.35. The van der Waals surface area contributed by atoms with Crippen molar-refractivity contribution in [3.8, 4) is 0 Å². The smallest absolute Gasteiger partial charge is 0.191 e. The van der Waals surface area contributed by atoms with Crippen LogP contribution in [0.5, 0.6) is 0 Å². The Hall–Kier alpha value is -0.380. The van der Waals surface area contributed by atoms with Crippen molar-refractivity contribution in [2.24, 2.45) is 0 Å². The summed E-state index contributed by atoms with van der Waals surface area (Å²) in [6.45, 7) is 3.15. The third kappa shape index (κ3) is 2.47. The van der Waals surface area contributed by atoms with Crippen molar-refractivity contribution in [1.29, 1.82) is 0 Å². The molecule has 0 fully saturated rings. The maximum Gasteiger partial charge on any atom is 0.191 e. The highest BCUT2D eigenvalue weighted by atomic mass is 32.2. The lowest BCUT2D eigenvalue weighted by Gasteiger charge is -2.02. The summed E-state index contributed by atoms with van der Waals surface area (Å²) in [6.07, 6.45) is 3.05. The first kappa shape index (κ1) is 9.62. The molecule has 4 heteroatoms. The van der Waals surface area contributed by atoms with E-state index >= 15 is 0 Å². The lowest BCUT2D eigenvalue weighted by molar-refractivity contribution is 0.531. The second kappa shape index (κ2) is 3.71. The van der Waals surface area contributed by atoms with E-state index in [-0.39, 0.29) is 0 Å². The maximum absolute atomic E-state index is 11.7. The second-order valence-electron chi connectivity index (χ2n) is 2.00. The van der Waals surface area contributed by atoms with Crippen molar-refractivity contribution < 1.29 is 12.8 Å². The summed E-state index contributed by atoms with van der Waals surface area (Å²) in [4.78, 5) is 0. The zero-order chi connectivity index (χ0) is 8.20. The molecule has 1 atom stereocenters. The second-order valence-corrected chi connectivity index (χ2v) is 4.29. The monoisotopic (exact) mass is 166 g/mol. The lowest BCUT2D eigenvalue weighted by atomic mass is 10.4. The van der Waals surface area contributed by atoms with Crippen LogP contribution in [0, 0.1) is 0 Å². The van der Waals surface area contributed by atoms with Gasteiger partial charge in [-0.15, -0.1) is 0 Å². The van der Waals surface area contributed by atoms with Gasteiger partial charge < -0.3 is 0 Å². The Labute approximate surface area is 60.7 Å². The first-order valence-corrected chi connectivity index (χ1v) is 4.66. The van der Waals surface area contributed by atoms with Crippen LogP contribution < -0.4 is 0 Å². The van der Waals surface area contributed by atoms with E-state index in [1.807, 2.05) is 0 Å². The predicted octanol–water partition coefficient (Wildman–Crippen LogP) is 1.29. The van der Waals surface area contributed by atoms with Gasteiger partial charge in [-0.2, -0.15) is 0 Å². The van der Waals surface area contributed by atoms with Crippen LogP contribution in [0.25, 0.3) is 0 Å². The van der Waals surface area contributed by atoms with Crippen LogP contribution in [0.4, 0.5) is 4.39 Å². The van der Waals surface area contributed by atoms with Crippen LogP contribution in [0.2, 0.25) is 0 Å². The average Bonchev–Trinajstić information content (AvgIpc) is 1.89. The molecule has 2 nitrogen and oxygen atoms in total. The van der Waals surface area contributed by atoms with Crippen LogP contribution in [0.1, 0.15) is 13.8 Å². The highest BCUT2D eigenvalue weighted by Crippen LogP contribution is 2.03. The zero-order valence-electron chi connectivity index (χ0n) is 6.04. The number of sulfone groups is 1. The van der Waals surface area contributed by atoms with Gasteiger partial charge in [-0.1, -0.05) is 12.2 Å². The molecule has 0 aliphatic carbocycles. The fourth-order valence-corrected chi connectivity index (χ4v) is 1.09. The molecule has 0 rings (SSSR count). The molecule has 0 heterocycles. The van der Waals surface area contributed by atoms with Crippen LogP contribution in [-0.4, -0.2) is 19.7 Å². The van der Waals surface area contributed by atoms with Gasteiger partial charge in [0.1, 0.15) is 0 Å². The minimum absolute atomic E-state index is 0.706. The fraction of sp³-hybridized carbons (Fsp3) is 0.667. The van der Waals surface area contributed by atoms with Crippen LogP contribution in [0.15, 0.2) is 12.2 Å². The summed E-state index contributed by atoms with van der Waals surface area (Å²) < 4.78 is 33.0. The maximum atomic E-state index is 11.7. The van der Waals surface area contributed by atoms with Gasteiger partial charge in [-0.3, -0.25) is 0 Å². The minimum Gasteiger partial charge on any atom is -0.234 e. The minimum atomic E-state index is -3.51. The van der Waals surface area contributed by atoms with E-state index in [9.17, 15) is 12.8 Å². The quantitative estimate of drug-likeness (QED) is 0.592. The SMILES string of the molecule is CC=CC(C)S(=O)(=O)CF. The van der Waals surface area contributed by atoms with Gasteiger partial charge in [0.2, 0.25) is 0 Å². The van der Waals surface area contributed by atoms with E-state index in [1.165, 1.54) is 13.0 Å². The van der Waals surface area contributed by atoms with Crippen molar-refractivity contribution in [2.45, 2.75) is 19.1 Å². The van der Waals surface area contributed by atoms with Crippen LogP contribution >= 0.6 is 0 Å².